The molecule has 0 aliphatic heterocycles. The SMILES string of the molecule is CNC(=O)c1c(N)nsc1NCC(C)(O)CSC. The fraction of sp³-hybridized carbons (Fsp3) is 0.600. The van der Waals surface area contributed by atoms with Crippen molar-refractivity contribution in [3.8, 4) is 0 Å². The molecule has 0 spiro atoms. The smallest absolute Gasteiger partial charge is 0.257 e. The number of amides is 1. The molecule has 1 unspecified atom stereocenters. The molecule has 0 radical (unpaired) electrons. The number of carbonyl (C=O) groups excluding carboxylic acids is 1. The number of aromatic nitrogens is 1. The van der Waals surface area contributed by atoms with E-state index in [9.17, 15) is 9.90 Å². The number of anilines is 2. The molecule has 1 aromatic heterocycles. The Morgan fingerprint density at radius 3 is 2.89 bits per heavy atom. The Bertz CT molecular complexity index is 420. The Labute approximate surface area is 115 Å². The van der Waals surface area contributed by atoms with Crippen molar-refractivity contribution < 1.29 is 9.90 Å². The summed E-state index contributed by atoms with van der Waals surface area (Å²) in [5, 5.41) is 16.2. The van der Waals surface area contributed by atoms with E-state index in [1.165, 1.54) is 7.05 Å². The van der Waals surface area contributed by atoms with Crippen molar-refractivity contribution in [3.63, 3.8) is 0 Å². The molecule has 6 nitrogen and oxygen atoms in total. The molecule has 1 heterocycles. The second-order valence-corrected chi connectivity index (χ2v) is 5.77. The molecule has 0 fully saturated rings. The van der Waals surface area contributed by atoms with Crippen molar-refractivity contribution in [3.05, 3.63) is 5.56 Å². The molecule has 1 amide bonds. The topological polar surface area (TPSA) is 100 Å². The van der Waals surface area contributed by atoms with Gasteiger partial charge in [0.15, 0.2) is 5.82 Å². The van der Waals surface area contributed by atoms with Crippen LogP contribution in [0, 0.1) is 0 Å². The van der Waals surface area contributed by atoms with Crippen molar-refractivity contribution in [2.75, 3.05) is 36.7 Å². The third-order valence-corrected chi connectivity index (χ3v) is 3.99. The number of nitrogens with two attached hydrogens (primary N) is 1. The lowest BCUT2D eigenvalue weighted by atomic mass is 10.1. The number of carbonyl (C=O) groups is 1. The summed E-state index contributed by atoms with van der Waals surface area (Å²) in [6.45, 7) is 2.07. The number of nitrogen functional groups attached to an aromatic ring is 1. The van der Waals surface area contributed by atoms with Crippen LogP contribution in [0.5, 0.6) is 0 Å². The van der Waals surface area contributed by atoms with Crippen LogP contribution in [0.1, 0.15) is 17.3 Å². The minimum Gasteiger partial charge on any atom is -0.387 e. The van der Waals surface area contributed by atoms with Crippen LogP contribution in [0.25, 0.3) is 0 Å². The average molecular weight is 290 g/mol. The maximum atomic E-state index is 11.6. The van der Waals surface area contributed by atoms with E-state index in [-0.39, 0.29) is 11.7 Å². The maximum Gasteiger partial charge on any atom is 0.257 e. The van der Waals surface area contributed by atoms with E-state index in [1.54, 1.807) is 18.7 Å². The third-order valence-electron chi connectivity index (χ3n) is 2.26. The van der Waals surface area contributed by atoms with Crippen LogP contribution in [0.4, 0.5) is 10.8 Å². The van der Waals surface area contributed by atoms with Crippen LogP contribution < -0.4 is 16.4 Å². The molecular formula is C10H18N4O2S2. The van der Waals surface area contributed by atoms with Gasteiger partial charge in [0.25, 0.3) is 5.91 Å². The van der Waals surface area contributed by atoms with E-state index < -0.39 is 5.60 Å². The van der Waals surface area contributed by atoms with E-state index in [1.807, 2.05) is 6.26 Å². The van der Waals surface area contributed by atoms with E-state index in [2.05, 4.69) is 15.0 Å². The number of hydrogen-bond acceptors (Lipinski definition) is 7. The average Bonchev–Trinajstić information content (AvgIpc) is 2.67. The highest BCUT2D eigenvalue weighted by Crippen LogP contribution is 2.27. The summed E-state index contributed by atoms with van der Waals surface area (Å²) in [5.74, 6) is 0.517. The Morgan fingerprint density at radius 1 is 1.67 bits per heavy atom. The first-order valence-electron chi connectivity index (χ1n) is 5.33. The highest BCUT2D eigenvalue weighted by atomic mass is 32.2. The molecule has 1 aromatic rings. The van der Waals surface area contributed by atoms with Crippen LogP contribution in [0.2, 0.25) is 0 Å². The second-order valence-electron chi connectivity index (χ2n) is 4.13. The first-order valence-corrected chi connectivity index (χ1v) is 7.50. The van der Waals surface area contributed by atoms with Gasteiger partial charge in [0.05, 0.1) is 5.60 Å². The molecule has 0 saturated carbocycles. The highest BCUT2D eigenvalue weighted by Gasteiger charge is 2.23. The lowest BCUT2D eigenvalue weighted by Crippen LogP contribution is -2.36. The quantitative estimate of drug-likeness (QED) is 0.612. The van der Waals surface area contributed by atoms with Crippen molar-refractivity contribution >= 4 is 40.0 Å². The second kappa shape index (κ2) is 6.26. The van der Waals surface area contributed by atoms with Crippen LogP contribution in [0.15, 0.2) is 0 Å². The monoisotopic (exact) mass is 290 g/mol. The van der Waals surface area contributed by atoms with E-state index in [0.29, 0.717) is 22.9 Å². The van der Waals surface area contributed by atoms with Gasteiger partial charge in [0.2, 0.25) is 0 Å². The molecule has 0 bridgehead atoms. The summed E-state index contributed by atoms with van der Waals surface area (Å²) >= 11 is 2.67. The molecule has 102 valence electrons. The Hall–Kier alpha value is -0.990. The zero-order chi connectivity index (χ0) is 13.8. The minimum absolute atomic E-state index is 0.200. The molecule has 8 heteroatoms. The van der Waals surface area contributed by atoms with E-state index in [0.717, 1.165) is 11.5 Å². The molecule has 1 atom stereocenters. The number of thioether (sulfide) groups is 1. The molecule has 5 N–H and O–H groups in total. The molecular weight excluding hydrogens is 272 g/mol. The molecule has 0 aromatic carbocycles. The standard InChI is InChI=1S/C10H18N4O2S2/c1-10(16,5-17-3)4-13-9-6(8(15)12-2)7(11)14-18-9/h13,16H,4-5H2,1-3H3,(H2,11,14)(H,12,15). The molecule has 18 heavy (non-hydrogen) atoms. The van der Waals surface area contributed by atoms with Crippen molar-refractivity contribution in [2.24, 2.45) is 0 Å². The van der Waals surface area contributed by atoms with Crippen LogP contribution in [-0.2, 0) is 0 Å². The zero-order valence-electron chi connectivity index (χ0n) is 10.6. The number of nitrogens with zero attached hydrogens (tertiary/aromatic N) is 1. The molecule has 0 aliphatic rings. The Kier molecular flexibility index (Phi) is 5.24. The first kappa shape index (κ1) is 15.1. The van der Waals surface area contributed by atoms with E-state index in [4.69, 9.17) is 5.73 Å². The summed E-state index contributed by atoms with van der Waals surface area (Å²) in [6.07, 6.45) is 1.93. The number of nitrogens with one attached hydrogen (secondary N) is 2. The molecule has 0 aliphatic carbocycles. The van der Waals surface area contributed by atoms with E-state index >= 15 is 0 Å². The predicted octanol–water partition coefficient (Wildman–Crippen LogP) is 0.611. The number of rotatable bonds is 6. The van der Waals surface area contributed by atoms with Gasteiger partial charge < -0.3 is 21.5 Å². The van der Waals surface area contributed by atoms with Gasteiger partial charge in [-0.25, -0.2) is 0 Å². The highest BCUT2D eigenvalue weighted by molar-refractivity contribution is 7.98. The van der Waals surface area contributed by atoms with Crippen molar-refractivity contribution in [2.45, 2.75) is 12.5 Å². The third kappa shape index (κ3) is 3.76. The Balaban J connectivity index is 2.77. The van der Waals surface area contributed by atoms with Gasteiger partial charge in [-0.15, -0.1) is 0 Å². The van der Waals surface area contributed by atoms with Crippen molar-refractivity contribution in [1.82, 2.24) is 9.69 Å². The van der Waals surface area contributed by atoms with Gasteiger partial charge in [0, 0.05) is 19.3 Å². The largest absolute Gasteiger partial charge is 0.387 e. The van der Waals surface area contributed by atoms with Crippen LogP contribution in [0.3, 0.4) is 0 Å². The lowest BCUT2D eigenvalue weighted by molar-refractivity contribution is 0.0957. The van der Waals surface area contributed by atoms with Crippen LogP contribution in [-0.4, -0.2) is 46.6 Å². The number of aliphatic hydroxyl groups is 1. The fourth-order valence-corrected chi connectivity index (χ4v) is 2.83. The normalized spacial score (nSPS) is 14.0. The summed E-state index contributed by atoms with van der Waals surface area (Å²) in [7, 11) is 1.53. The van der Waals surface area contributed by atoms with Gasteiger partial charge in [0.1, 0.15) is 10.6 Å². The van der Waals surface area contributed by atoms with Gasteiger partial charge >= 0.3 is 0 Å². The zero-order valence-corrected chi connectivity index (χ0v) is 12.2. The maximum absolute atomic E-state index is 11.6. The van der Waals surface area contributed by atoms with Crippen LogP contribution >= 0.6 is 23.3 Å². The first-order chi connectivity index (χ1) is 8.41. The van der Waals surface area contributed by atoms with Gasteiger partial charge in [-0.3, -0.25) is 4.79 Å². The lowest BCUT2D eigenvalue weighted by Gasteiger charge is -2.22. The molecule has 1 rings (SSSR count). The summed E-state index contributed by atoms with van der Waals surface area (Å²) in [4.78, 5) is 11.6. The molecule has 0 saturated heterocycles. The van der Waals surface area contributed by atoms with Gasteiger partial charge in [-0.2, -0.15) is 16.1 Å². The predicted molar refractivity (Wildman–Crippen MR) is 77.4 cm³/mol. The Morgan fingerprint density at radius 2 is 2.33 bits per heavy atom. The minimum atomic E-state index is -0.849. The van der Waals surface area contributed by atoms with Crippen molar-refractivity contribution in [1.29, 1.82) is 0 Å². The number of hydrogen-bond donors (Lipinski definition) is 4. The van der Waals surface area contributed by atoms with Gasteiger partial charge in [-0.1, -0.05) is 0 Å². The summed E-state index contributed by atoms with van der Waals surface area (Å²) in [5.41, 5.74) is 5.13. The van der Waals surface area contributed by atoms with Gasteiger partial charge in [-0.05, 0) is 24.7 Å². The summed E-state index contributed by atoms with van der Waals surface area (Å²) in [6, 6.07) is 0. The summed E-state index contributed by atoms with van der Waals surface area (Å²) < 4.78 is 3.94. The fourth-order valence-electron chi connectivity index (χ4n) is 1.40.